The van der Waals surface area contributed by atoms with Crippen LogP contribution in [0.2, 0.25) is 0 Å². The van der Waals surface area contributed by atoms with E-state index >= 15 is 0 Å². The molecule has 0 amide bonds. The van der Waals surface area contributed by atoms with Crippen molar-refractivity contribution in [1.82, 2.24) is 13.7 Å². The fraction of sp³-hybridized carbons (Fsp3) is 0.111. The van der Waals surface area contributed by atoms with Gasteiger partial charge in [0, 0.05) is 72.1 Å². The molecule has 7 rings (SSSR count). The van der Waals surface area contributed by atoms with E-state index in [0.29, 0.717) is 0 Å². The molecule has 0 saturated heterocycles. The molecule has 30 heavy (non-hydrogen) atoms. The monoisotopic (exact) mass is 387 g/mol. The van der Waals surface area contributed by atoms with Gasteiger partial charge in [0.25, 0.3) is 0 Å². The van der Waals surface area contributed by atoms with E-state index in [-0.39, 0.29) is 0 Å². The van der Waals surface area contributed by atoms with Gasteiger partial charge < -0.3 is 13.7 Å². The first-order chi connectivity index (χ1) is 14.6. The van der Waals surface area contributed by atoms with Gasteiger partial charge in [-0.2, -0.15) is 0 Å². The lowest BCUT2D eigenvalue weighted by atomic mass is 9.91. The van der Waals surface area contributed by atoms with E-state index in [1.807, 2.05) is 0 Å². The van der Waals surface area contributed by atoms with Crippen molar-refractivity contribution in [3.8, 4) is 0 Å². The fourth-order valence-electron chi connectivity index (χ4n) is 5.60. The van der Waals surface area contributed by atoms with Crippen molar-refractivity contribution in [2.45, 2.75) is 0 Å². The predicted molar refractivity (Wildman–Crippen MR) is 128 cm³/mol. The number of nitrogens with zero attached hydrogens (tertiary/aromatic N) is 3. The average molecular weight is 387 g/mol. The third-order valence-electron chi connectivity index (χ3n) is 6.93. The highest BCUT2D eigenvalue weighted by Gasteiger charge is 2.18. The van der Waals surface area contributed by atoms with Crippen LogP contribution in [0.25, 0.3) is 65.0 Å². The van der Waals surface area contributed by atoms with E-state index in [1.54, 1.807) is 0 Å². The minimum absolute atomic E-state index is 1.29. The summed E-state index contributed by atoms with van der Waals surface area (Å²) < 4.78 is 6.81. The van der Waals surface area contributed by atoms with Crippen molar-refractivity contribution in [3.05, 3.63) is 73.2 Å². The highest BCUT2D eigenvalue weighted by atomic mass is 14.9. The smallest absolute Gasteiger partial charge is 0.0564 e. The molecule has 3 heterocycles. The molecule has 3 nitrogen and oxygen atoms in total. The van der Waals surface area contributed by atoms with Gasteiger partial charge in [0.1, 0.15) is 0 Å². The van der Waals surface area contributed by atoms with Gasteiger partial charge in [0.05, 0.1) is 16.6 Å². The third kappa shape index (κ3) is 1.77. The molecule has 0 aliphatic carbocycles. The molecule has 0 atom stereocenters. The van der Waals surface area contributed by atoms with E-state index < -0.39 is 0 Å². The molecule has 3 aromatic heterocycles. The molecular weight excluding hydrogens is 366 g/mol. The summed E-state index contributed by atoms with van der Waals surface area (Å²) in [7, 11) is 6.47. The van der Waals surface area contributed by atoms with Crippen molar-refractivity contribution < 1.29 is 0 Å². The second-order valence-corrected chi connectivity index (χ2v) is 8.56. The van der Waals surface area contributed by atoms with Crippen LogP contribution in [0, 0.1) is 0 Å². The summed E-state index contributed by atoms with van der Waals surface area (Å²) in [5, 5.41) is 11.9. The van der Waals surface area contributed by atoms with Crippen molar-refractivity contribution in [1.29, 1.82) is 0 Å². The zero-order valence-electron chi connectivity index (χ0n) is 17.3. The van der Waals surface area contributed by atoms with E-state index in [9.17, 15) is 0 Å². The van der Waals surface area contributed by atoms with E-state index in [4.69, 9.17) is 0 Å². The molecule has 144 valence electrons. The molecule has 0 aliphatic rings. The Balaban J connectivity index is 1.98. The quantitative estimate of drug-likeness (QED) is 0.260. The lowest BCUT2D eigenvalue weighted by molar-refractivity contribution is 0.971. The maximum atomic E-state index is 2.33. The molecule has 0 bridgehead atoms. The minimum Gasteiger partial charge on any atom is -0.350 e. The first kappa shape index (κ1) is 16.1. The van der Waals surface area contributed by atoms with Gasteiger partial charge >= 0.3 is 0 Å². The Bertz CT molecular complexity index is 1820. The number of aromatic nitrogens is 3. The molecular formula is C27H21N3. The Morgan fingerprint density at radius 3 is 1.27 bits per heavy atom. The van der Waals surface area contributed by atoms with Crippen LogP contribution in [0.3, 0.4) is 0 Å². The van der Waals surface area contributed by atoms with Crippen molar-refractivity contribution in [2.24, 2.45) is 21.1 Å². The topological polar surface area (TPSA) is 14.8 Å². The maximum absolute atomic E-state index is 2.33. The van der Waals surface area contributed by atoms with Gasteiger partial charge in [-0.1, -0.05) is 36.4 Å². The largest absolute Gasteiger partial charge is 0.350 e. The second-order valence-electron chi connectivity index (χ2n) is 8.56. The first-order valence-electron chi connectivity index (χ1n) is 10.4. The maximum Gasteiger partial charge on any atom is 0.0564 e. The molecule has 0 spiro atoms. The lowest BCUT2D eigenvalue weighted by Crippen LogP contribution is -1.94. The number of aryl methyl sites for hydroxylation is 3. The number of hydrogen-bond donors (Lipinski definition) is 0. The Kier molecular flexibility index (Phi) is 2.82. The third-order valence-corrected chi connectivity index (χ3v) is 6.93. The molecule has 0 radical (unpaired) electrons. The molecule has 0 unspecified atom stereocenters. The summed E-state index contributed by atoms with van der Waals surface area (Å²) in [5.74, 6) is 0. The molecule has 0 aliphatic heterocycles. The average Bonchev–Trinajstić information content (AvgIpc) is 3.45. The molecule has 4 aromatic carbocycles. The summed E-state index contributed by atoms with van der Waals surface area (Å²) in [4.78, 5) is 0. The molecule has 3 heteroatoms. The first-order valence-corrected chi connectivity index (χ1v) is 10.4. The van der Waals surface area contributed by atoms with Crippen LogP contribution in [0.15, 0.2) is 73.2 Å². The SMILES string of the molecule is Cn1ccc2ccc3c4ccc5ccn(C)c5c4c4c(ccc5ccn(C)c54)c3c21. The number of rotatable bonds is 0. The Labute approximate surface area is 173 Å². The molecule has 0 fully saturated rings. The standard InChI is InChI=1S/C27H21N3/c1-28-13-10-16-4-7-19-20-8-5-17-11-14-29(2)26(17)23(20)24-21(22(19)25(16)28)9-6-18-12-15-30(3)27(18)24/h4-15H,1-3H3. The van der Waals surface area contributed by atoms with Crippen molar-refractivity contribution in [2.75, 3.05) is 0 Å². The fourth-order valence-corrected chi connectivity index (χ4v) is 5.60. The van der Waals surface area contributed by atoms with Crippen LogP contribution in [-0.2, 0) is 21.1 Å². The van der Waals surface area contributed by atoms with Gasteiger partial charge in [-0.25, -0.2) is 0 Å². The van der Waals surface area contributed by atoms with Crippen LogP contribution in [0.4, 0.5) is 0 Å². The van der Waals surface area contributed by atoms with Crippen LogP contribution < -0.4 is 0 Å². The van der Waals surface area contributed by atoms with Crippen LogP contribution in [-0.4, -0.2) is 13.7 Å². The predicted octanol–water partition coefficient (Wildman–Crippen LogP) is 6.62. The van der Waals surface area contributed by atoms with Gasteiger partial charge in [0.15, 0.2) is 0 Å². The van der Waals surface area contributed by atoms with E-state index in [0.717, 1.165) is 0 Å². The Hall–Kier alpha value is -3.72. The van der Waals surface area contributed by atoms with Gasteiger partial charge in [0.2, 0.25) is 0 Å². The second kappa shape index (κ2) is 5.25. The van der Waals surface area contributed by atoms with Crippen molar-refractivity contribution >= 4 is 65.0 Å². The number of benzene rings is 4. The zero-order chi connectivity index (χ0) is 20.1. The highest BCUT2D eigenvalue weighted by molar-refractivity contribution is 6.38. The van der Waals surface area contributed by atoms with Crippen LogP contribution in [0.1, 0.15) is 0 Å². The van der Waals surface area contributed by atoms with Crippen LogP contribution in [0.5, 0.6) is 0 Å². The van der Waals surface area contributed by atoms with Gasteiger partial charge in [-0.15, -0.1) is 0 Å². The summed E-state index contributed by atoms with van der Waals surface area (Å²) in [6.07, 6.45) is 6.52. The molecule has 0 N–H and O–H groups in total. The summed E-state index contributed by atoms with van der Waals surface area (Å²) >= 11 is 0. The molecule has 0 saturated carbocycles. The molecule has 7 aromatic rings. The number of hydrogen-bond acceptors (Lipinski definition) is 0. The Morgan fingerprint density at radius 1 is 0.400 bits per heavy atom. The summed E-state index contributed by atoms with van der Waals surface area (Å²) in [5.41, 5.74) is 3.92. The summed E-state index contributed by atoms with van der Waals surface area (Å²) in [6.45, 7) is 0. The zero-order valence-corrected chi connectivity index (χ0v) is 17.3. The normalized spacial score (nSPS) is 12.5. The summed E-state index contributed by atoms with van der Waals surface area (Å²) in [6, 6.07) is 20.4. The van der Waals surface area contributed by atoms with Gasteiger partial charge in [-0.3, -0.25) is 0 Å². The van der Waals surface area contributed by atoms with Crippen molar-refractivity contribution in [3.63, 3.8) is 0 Å². The van der Waals surface area contributed by atoms with E-state index in [1.165, 1.54) is 65.0 Å². The van der Waals surface area contributed by atoms with Gasteiger partial charge in [-0.05, 0) is 34.4 Å². The van der Waals surface area contributed by atoms with Crippen LogP contribution >= 0.6 is 0 Å². The lowest BCUT2D eigenvalue weighted by Gasteiger charge is -2.16. The Morgan fingerprint density at radius 2 is 0.767 bits per heavy atom. The number of fused-ring (bicyclic) bond motifs is 12. The van der Waals surface area contributed by atoms with E-state index in [2.05, 4.69) is 108 Å². The minimum atomic E-state index is 1.29. The highest BCUT2D eigenvalue weighted by Crippen LogP contribution is 2.44.